The first-order chi connectivity index (χ1) is 13.8. The van der Waals surface area contributed by atoms with Gasteiger partial charge in [0, 0.05) is 25.3 Å². The topological polar surface area (TPSA) is 15.3 Å². The van der Waals surface area contributed by atoms with E-state index in [1.54, 1.807) is 0 Å². The van der Waals surface area contributed by atoms with Crippen molar-refractivity contribution < 1.29 is 0 Å². The van der Waals surface area contributed by atoms with E-state index in [1.165, 1.54) is 27.8 Å². The maximum absolute atomic E-state index is 3.63. The van der Waals surface area contributed by atoms with E-state index in [9.17, 15) is 0 Å². The van der Waals surface area contributed by atoms with Gasteiger partial charge in [-0.15, -0.1) is 0 Å². The lowest BCUT2D eigenvalue weighted by atomic mass is 10.0. The molecule has 0 fully saturated rings. The average Bonchev–Trinajstić information content (AvgIpc) is 2.77. The summed E-state index contributed by atoms with van der Waals surface area (Å²) < 4.78 is 0. The lowest BCUT2D eigenvalue weighted by molar-refractivity contribution is 0.275. The molecular weight excluding hydrogens is 340 g/mol. The Bertz CT molecular complexity index is 913. The Morgan fingerprint density at radius 3 is 2.39 bits per heavy atom. The van der Waals surface area contributed by atoms with Crippen LogP contribution in [0, 0.1) is 0 Å². The zero-order valence-corrected chi connectivity index (χ0v) is 16.5. The van der Waals surface area contributed by atoms with E-state index in [0.29, 0.717) is 6.04 Å². The molecule has 0 amide bonds. The fourth-order valence-electron chi connectivity index (χ4n) is 3.72. The quantitative estimate of drug-likeness (QED) is 0.565. The van der Waals surface area contributed by atoms with Gasteiger partial charge in [0.15, 0.2) is 0 Å². The molecule has 0 aromatic heterocycles. The summed E-state index contributed by atoms with van der Waals surface area (Å²) in [6.07, 6.45) is 5.51. The van der Waals surface area contributed by atoms with Gasteiger partial charge < -0.3 is 10.2 Å². The van der Waals surface area contributed by atoms with Crippen LogP contribution in [0.5, 0.6) is 0 Å². The third-order valence-corrected chi connectivity index (χ3v) is 5.51. The Labute approximate surface area is 168 Å². The van der Waals surface area contributed by atoms with Crippen molar-refractivity contribution in [1.82, 2.24) is 10.2 Å². The van der Waals surface area contributed by atoms with Gasteiger partial charge in [0.2, 0.25) is 0 Å². The molecule has 0 aliphatic carbocycles. The molecule has 0 unspecified atom stereocenters. The molecule has 4 rings (SSSR count). The van der Waals surface area contributed by atoms with Crippen LogP contribution in [0.25, 0.3) is 17.2 Å². The van der Waals surface area contributed by atoms with Crippen LogP contribution in [-0.2, 0) is 13.0 Å². The number of benzene rings is 3. The lowest BCUT2D eigenvalue weighted by Gasteiger charge is -2.31. The highest BCUT2D eigenvalue weighted by Gasteiger charge is 2.15. The van der Waals surface area contributed by atoms with Crippen molar-refractivity contribution >= 4 is 6.08 Å². The SMILES string of the molecule is C[C@H](CNCCc1ccc(-c2ccccc2)cc1)N1C=Cc2ccccc2C1. The fourth-order valence-corrected chi connectivity index (χ4v) is 3.72. The van der Waals surface area contributed by atoms with Crippen molar-refractivity contribution in [3.63, 3.8) is 0 Å². The number of nitrogens with one attached hydrogen (secondary N) is 1. The molecule has 0 spiro atoms. The summed E-state index contributed by atoms with van der Waals surface area (Å²) in [5.41, 5.74) is 6.69. The molecule has 0 saturated carbocycles. The number of hydrogen-bond donors (Lipinski definition) is 1. The Morgan fingerprint density at radius 1 is 0.857 bits per heavy atom. The van der Waals surface area contributed by atoms with Crippen molar-refractivity contribution in [3.8, 4) is 11.1 Å². The normalized spacial score (nSPS) is 14.0. The van der Waals surface area contributed by atoms with E-state index in [0.717, 1.165) is 26.1 Å². The van der Waals surface area contributed by atoms with Crippen molar-refractivity contribution in [2.45, 2.75) is 25.9 Å². The predicted octanol–water partition coefficient (Wildman–Crippen LogP) is 5.36. The molecule has 142 valence electrons. The average molecular weight is 369 g/mol. The number of nitrogens with zero attached hydrogens (tertiary/aromatic N) is 1. The lowest BCUT2D eigenvalue weighted by Crippen LogP contribution is -2.38. The zero-order chi connectivity index (χ0) is 19.2. The molecule has 1 aliphatic rings. The standard InChI is InChI=1S/C26H28N2/c1-21(28-18-16-24-9-5-6-10-26(24)20-28)19-27-17-15-22-11-13-25(14-12-22)23-7-3-2-4-8-23/h2-14,16,18,21,27H,15,17,19-20H2,1H3/t21-/m1/s1. The first-order valence-electron chi connectivity index (χ1n) is 10.2. The van der Waals surface area contributed by atoms with Crippen LogP contribution in [0.1, 0.15) is 23.6 Å². The minimum Gasteiger partial charge on any atom is -0.369 e. The van der Waals surface area contributed by atoms with Gasteiger partial charge in [0.05, 0.1) is 0 Å². The Hall–Kier alpha value is -2.84. The molecule has 1 aliphatic heterocycles. The van der Waals surface area contributed by atoms with Crippen LogP contribution in [0.3, 0.4) is 0 Å². The molecule has 1 N–H and O–H groups in total. The summed E-state index contributed by atoms with van der Waals surface area (Å²) in [6, 6.07) is 28.6. The van der Waals surface area contributed by atoms with E-state index in [4.69, 9.17) is 0 Å². The fraction of sp³-hybridized carbons (Fsp3) is 0.231. The number of rotatable bonds is 7. The summed E-state index contributed by atoms with van der Waals surface area (Å²) in [7, 11) is 0. The molecule has 2 nitrogen and oxygen atoms in total. The van der Waals surface area contributed by atoms with Gasteiger partial charge in [-0.05, 0) is 53.8 Å². The van der Waals surface area contributed by atoms with Crippen molar-refractivity contribution in [2.24, 2.45) is 0 Å². The van der Waals surface area contributed by atoms with E-state index in [1.807, 2.05) is 0 Å². The molecule has 28 heavy (non-hydrogen) atoms. The van der Waals surface area contributed by atoms with Crippen LogP contribution >= 0.6 is 0 Å². The largest absolute Gasteiger partial charge is 0.369 e. The molecule has 3 aromatic rings. The summed E-state index contributed by atoms with van der Waals surface area (Å²) >= 11 is 0. The summed E-state index contributed by atoms with van der Waals surface area (Å²) in [5, 5.41) is 3.63. The Morgan fingerprint density at radius 2 is 1.57 bits per heavy atom. The molecule has 2 heteroatoms. The van der Waals surface area contributed by atoms with Gasteiger partial charge in [0.1, 0.15) is 0 Å². The van der Waals surface area contributed by atoms with Gasteiger partial charge in [-0.2, -0.15) is 0 Å². The van der Waals surface area contributed by atoms with Gasteiger partial charge >= 0.3 is 0 Å². The van der Waals surface area contributed by atoms with Crippen molar-refractivity contribution in [1.29, 1.82) is 0 Å². The molecule has 0 radical (unpaired) electrons. The minimum atomic E-state index is 0.477. The highest BCUT2D eigenvalue weighted by Crippen LogP contribution is 2.21. The second kappa shape index (κ2) is 8.90. The van der Waals surface area contributed by atoms with Crippen LogP contribution in [-0.4, -0.2) is 24.0 Å². The van der Waals surface area contributed by atoms with E-state index >= 15 is 0 Å². The summed E-state index contributed by atoms with van der Waals surface area (Å²) in [4.78, 5) is 2.42. The molecule has 3 aromatic carbocycles. The van der Waals surface area contributed by atoms with Gasteiger partial charge in [-0.1, -0.05) is 78.9 Å². The predicted molar refractivity (Wildman–Crippen MR) is 119 cm³/mol. The van der Waals surface area contributed by atoms with Crippen LogP contribution in [0.2, 0.25) is 0 Å². The number of hydrogen-bond acceptors (Lipinski definition) is 2. The first-order valence-corrected chi connectivity index (χ1v) is 10.2. The van der Waals surface area contributed by atoms with Crippen LogP contribution < -0.4 is 5.32 Å². The minimum absolute atomic E-state index is 0.477. The Kier molecular flexibility index (Phi) is 5.89. The third kappa shape index (κ3) is 4.52. The summed E-state index contributed by atoms with van der Waals surface area (Å²) in [6.45, 7) is 5.29. The number of fused-ring (bicyclic) bond motifs is 1. The molecule has 1 heterocycles. The second-order valence-corrected chi connectivity index (χ2v) is 7.55. The van der Waals surface area contributed by atoms with Gasteiger partial charge in [0.25, 0.3) is 0 Å². The van der Waals surface area contributed by atoms with Crippen LogP contribution in [0.4, 0.5) is 0 Å². The Balaban J connectivity index is 1.23. The molecule has 1 atom stereocenters. The maximum atomic E-state index is 3.63. The van der Waals surface area contributed by atoms with E-state index in [-0.39, 0.29) is 0 Å². The van der Waals surface area contributed by atoms with Crippen molar-refractivity contribution in [2.75, 3.05) is 13.1 Å². The van der Waals surface area contributed by atoms with E-state index in [2.05, 4.69) is 108 Å². The molecular formula is C26H28N2. The zero-order valence-electron chi connectivity index (χ0n) is 16.5. The highest BCUT2D eigenvalue weighted by atomic mass is 15.2. The first kappa shape index (κ1) is 18.5. The molecule has 0 saturated heterocycles. The van der Waals surface area contributed by atoms with E-state index < -0.39 is 0 Å². The monoisotopic (exact) mass is 368 g/mol. The molecule has 0 bridgehead atoms. The van der Waals surface area contributed by atoms with Crippen LogP contribution in [0.15, 0.2) is 85.1 Å². The second-order valence-electron chi connectivity index (χ2n) is 7.55. The maximum Gasteiger partial charge on any atom is 0.0433 e. The van der Waals surface area contributed by atoms with Gasteiger partial charge in [-0.3, -0.25) is 0 Å². The summed E-state index contributed by atoms with van der Waals surface area (Å²) in [5.74, 6) is 0. The highest BCUT2D eigenvalue weighted by molar-refractivity contribution is 5.63. The van der Waals surface area contributed by atoms with Gasteiger partial charge in [-0.25, -0.2) is 0 Å². The smallest absolute Gasteiger partial charge is 0.0433 e. The van der Waals surface area contributed by atoms with Crippen molar-refractivity contribution in [3.05, 3.63) is 102 Å². The third-order valence-electron chi connectivity index (χ3n) is 5.51.